The van der Waals surface area contributed by atoms with Gasteiger partial charge in [-0.15, -0.1) is 11.3 Å². The number of carbonyl (C=O) groups is 2. The Hall–Kier alpha value is -2.95. The van der Waals surface area contributed by atoms with Crippen LogP contribution >= 0.6 is 11.3 Å². The van der Waals surface area contributed by atoms with E-state index in [1.807, 2.05) is 17.5 Å². The molecule has 10 heteroatoms. The lowest BCUT2D eigenvalue weighted by Crippen LogP contribution is -2.41. The number of hydrogen-bond donors (Lipinski definition) is 4. The number of aromatic amines is 1. The molecule has 0 spiro atoms. The first kappa shape index (κ1) is 18.8. The van der Waals surface area contributed by atoms with Crippen LogP contribution in [-0.2, 0) is 16.6 Å². The predicted molar refractivity (Wildman–Crippen MR) is 101 cm³/mol. The molecule has 0 bridgehead atoms. The molecule has 0 saturated heterocycles. The van der Waals surface area contributed by atoms with E-state index in [2.05, 4.69) is 20.6 Å². The van der Waals surface area contributed by atoms with Gasteiger partial charge in [0.15, 0.2) is 0 Å². The monoisotopic (exact) mass is 404 g/mol. The molecule has 0 aliphatic carbocycles. The summed E-state index contributed by atoms with van der Waals surface area (Å²) in [6, 6.07) is 12.4. The van der Waals surface area contributed by atoms with E-state index in [-0.39, 0.29) is 22.7 Å². The minimum absolute atomic E-state index is 0.0394. The van der Waals surface area contributed by atoms with Crippen molar-refractivity contribution in [1.82, 2.24) is 20.6 Å². The van der Waals surface area contributed by atoms with Gasteiger partial charge in [0.25, 0.3) is 11.8 Å². The van der Waals surface area contributed by atoms with E-state index in [9.17, 15) is 18.0 Å². The molecule has 0 atom stereocenters. The number of benzene rings is 1. The number of amides is 2. The van der Waals surface area contributed by atoms with Gasteiger partial charge in [0.1, 0.15) is 5.69 Å². The predicted octanol–water partition coefficient (Wildman–Crippen LogP) is 1.63. The molecule has 0 radical (unpaired) electrons. The standard InChI is InChI=1S/C17H16N4O4S2/c22-16(20-21-17(23)15-7-2-8-18-15)12-4-1-6-14(10-12)27(24,25)19-11-13-5-3-9-26-13/h1-10,18-19H,11H2,(H,20,22)(H,21,23). The average Bonchev–Trinajstić information content (AvgIpc) is 3.38. The summed E-state index contributed by atoms with van der Waals surface area (Å²) >= 11 is 1.44. The summed E-state index contributed by atoms with van der Waals surface area (Å²) in [4.78, 5) is 27.5. The van der Waals surface area contributed by atoms with Crippen LogP contribution in [0.2, 0.25) is 0 Å². The van der Waals surface area contributed by atoms with E-state index in [4.69, 9.17) is 0 Å². The summed E-state index contributed by atoms with van der Waals surface area (Å²) in [7, 11) is -3.77. The van der Waals surface area contributed by atoms with Gasteiger partial charge in [-0.25, -0.2) is 13.1 Å². The molecule has 0 unspecified atom stereocenters. The molecule has 1 aromatic carbocycles. The molecule has 2 amide bonds. The fraction of sp³-hybridized carbons (Fsp3) is 0.0588. The van der Waals surface area contributed by atoms with Crippen LogP contribution in [-0.4, -0.2) is 25.2 Å². The Morgan fingerprint density at radius 1 is 1.00 bits per heavy atom. The van der Waals surface area contributed by atoms with E-state index in [0.717, 1.165) is 4.88 Å². The lowest BCUT2D eigenvalue weighted by Gasteiger charge is -2.09. The van der Waals surface area contributed by atoms with Crippen LogP contribution in [0.5, 0.6) is 0 Å². The largest absolute Gasteiger partial charge is 0.357 e. The highest BCUT2D eigenvalue weighted by Gasteiger charge is 2.17. The Morgan fingerprint density at radius 3 is 2.52 bits per heavy atom. The van der Waals surface area contributed by atoms with E-state index in [0.29, 0.717) is 0 Å². The number of H-pyrrole nitrogens is 1. The molecule has 4 N–H and O–H groups in total. The third kappa shape index (κ3) is 4.82. The van der Waals surface area contributed by atoms with Crippen molar-refractivity contribution in [2.24, 2.45) is 0 Å². The van der Waals surface area contributed by atoms with Gasteiger partial charge < -0.3 is 4.98 Å². The zero-order chi connectivity index (χ0) is 19.3. The summed E-state index contributed by atoms with van der Waals surface area (Å²) in [5, 5.41) is 1.86. The number of sulfonamides is 1. The van der Waals surface area contributed by atoms with Crippen LogP contribution in [0.4, 0.5) is 0 Å². The molecule has 27 heavy (non-hydrogen) atoms. The Kier molecular flexibility index (Phi) is 5.69. The Balaban J connectivity index is 1.65. The van der Waals surface area contributed by atoms with Crippen LogP contribution in [0.25, 0.3) is 0 Å². The summed E-state index contributed by atoms with van der Waals surface area (Å²) in [6.45, 7) is 0.169. The molecule has 0 saturated carbocycles. The number of thiophene rings is 1. The highest BCUT2D eigenvalue weighted by atomic mass is 32.2. The maximum atomic E-state index is 12.4. The van der Waals surface area contributed by atoms with Crippen molar-refractivity contribution in [1.29, 1.82) is 0 Å². The second-order valence-corrected chi connectivity index (χ2v) is 8.22. The third-order valence-electron chi connectivity index (χ3n) is 3.56. The molecule has 3 rings (SSSR count). The van der Waals surface area contributed by atoms with Gasteiger partial charge in [0, 0.05) is 23.2 Å². The smallest absolute Gasteiger partial charge is 0.286 e. The molecule has 2 heterocycles. The summed E-state index contributed by atoms with van der Waals surface area (Å²) < 4.78 is 27.3. The van der Waals surface area contributed by atoms with E-state index < -0.39 is 21.8 Å². The zero-order valence-electron chi connectivity index (χ0n) is 13.9. The quantitative estimate of drug-likeness (QED) is 0.467. The molecule has 2 aromatic heterocycles. The highest BCUT2D eigenvalue weighted by molar-refractivity contribution is 7.89. The van der Waals surface area contributed by atoms with Gasteiger partial charge >= 0.3 is 0 Å². The fourth-order valence-corrected chi connectivity index (χ4v) is 3.98. The Labute approximate surface area is 159 Å². The lowest BCUT2D eigenvalue weighted by atomic mass is 10.2. The van der Waals surface area contributed by atoms with Crippen molar-refractivity contribution in [2.75, 3.05) is 0 Å². The molecule has 0 aliphatic heterocycles. The van der Waals surface area contributed by atoms with Gasteiger partial charge in [-0.3, -0.25) is 20.4 Å². The van der Waals surface area contributed by atoms with Crippen molar-refractivity contribution in [3.63, 3.8) is 0 Å². The minimum atomic E-state index is -3.77. The van der Waals surface area contributed by atoms with Crippen molar-refractivity contribution < 1.29 is 18.0 Å². The zero-order valence-corrected chi connectivity index (χ0v) is 15.6. The SMILES string of the molecule is O=C(NNC(=O)c1ccc[nH]1)c1cccc(S(=O)(=O)NCc2cccs2)c1. The Morgan fingerprint density at radius 2 is 1.81 bits per heavy atom. The van der Waals surface area contributed by atoms with Crippen LogP contribution in [0, 0.1) is 0 Å². The van der Waals surface area contributed by atoms with Gasteiger partial charge in [-0.2, -0.15) is 0 Å². The highest BCUT2D eigenvalue weighted by Crippen LogP contribution is 2.14. The number of rotatable bonds is 6. The van der Waals surface area contributed by atoms with Crippen molar-refractivity contribution in [3.05, 3.63) is 76.2 Å². The third-order valence-corrected chi connectivity index (χ3v) is 5.83. The van der Waals surface area contributed by atoms with E-state index in [1.54, 1.807) is 18.3 Å². The lowest BCUT2D eigenvalue weighted by molar-refractivity contribution is 0.0844. The molecular weight excluding hydrogens is 388 g/mol. The second-order valence-electron chi connectivity index (χ2n) is 5.42. The molecule has 0 aliphatic rings. The first-order valence-corrected chi connectivity index (χ1v) is 10.2. The van der Waals surface area contributed by atoms with Crippen LogP contribution in [0.1, 0.15) is 25.7 Å². The number of hydrazine groups is 1. The van der Waals surface area contributed by atoms with Crippen LogP contribution in [0.3, 0.4) is 0 Å². The van der Waals surface area contributed by atoms with Crippen LogP contribution in [0.15, 0.2) is 65.0 Å². The summed E-state index contributed by atoms with van der Waals surface area (Å²) in [6.07, 6.45) is 1.58. The van der Waals surface area contributed by atoms with Gasteiger partial charge in [-0.05, 0) is 41.8 Å². The van der Waals surface area contributed by atoms with Crippen molar-refractivity contribution in [2.45, 2.75) is 11.4 Å². The normalized spacial score (nSPS) is 11.1. The van der Waals surface area contributed by atoms with Crippen molar-refractivity contribution >= 4 is 33.2 Å². The van der Waals surface area contributed by atoms with E-state index in [1.165, 1.54) is 35.6 Å². The van der Waals surface area contributed by atoms with Gasteiger partial charge in [0.05, 0.1) is 4.90 Å². The second kappa shape index (κ2) is 8.16. The topological polar surface area (TPSA) is 120 Å². The fourth-order valence-electron chi connectivity index (χ4n) is 2.19. The van der Waals surface area contributed by atoms with Gasteiger partial charge in [-0.1, -0.05) is 12.1 Å². The van der Waals surface area contributed by atoms with Crippen molar-refractivity contribution in [3.8, 4) is 0 Å². The minimum Gasteiger partial charge on any atom is -0.357 e. The molecular formula is C17H16N4O4S2. The number of carbonyl (C=O) groups excluding carboxylic acids is 2. The number of aromatic nitrogens is 1. The molecule has 0 fully saturated rings. The first-order valence-electron chi connectivity index (χ1n) is 7.82. The van der Waals surface area contributed by atoms with E-state index >= 15 is 0 Å². The molecule has 140 valence electrons. The van der Waals surface area contributed by atoms with Crippen LogP contribution < -0.4 is 15.6 Å². The summed E-state index contributed by atoms with van der Waals surface area (Å²) in [5.41, 5.74) is 4.88. The van der Waals surface area contributed by atoms with Gasteiger partial charge in [0.2, 0.25) is 10.0 Å². The maximum absolute atomic E-state index is 12.4. The molecule has 8 nitrogen and oxygen atoms in total. The number of hydrogen-bond acceptors (Lipinski definition) is 5. The summed E-state index contributed by atoms with van der Waals surface area (Å²) in [5.74, 6) is -1.15. The molecule has 3 aromatic rings. The average molecular weight is 404 g/mol. The first-order chi connectivity index (χ1) is 13.0. The Bertz CT molecular complexity index is 1030. The number of nitrogens with one attached hydrogen (secondary N) is 4. The maximum Gasteiger partial charge on any atom is 0.286 e.